The van der Waals surface area contributed by atoms with Crippen molar-refractivity contribution in [1.82, 2.24) is 9.55 Å². The van der Waals surface area contributed by atoms with Crippen molar-refractivity contribution in [2.45, 2.75) is 6.92 Å². The first-order valence-corrected chi connectivity index (χ1v) is 6.77. The second-order valence-electron chi connectivity index (χ2n) is 4.41. The molecule has 0 aliphatic carbocycles. The van der Waals surface area contributed by atoms with E-state index in [1.807, 2.05) is 24.3 Å². The Bertz CT molecular complexity index is 824. The van der Waals surface area contributed by atoms with Crippen LogP contribution in [0.5, 0.6) is 0 Å². The Hall–Kier alpha value is -1.84. The van der Waals surface area contributed by atoms with E-state index in [0.29, 0.717) is 21.4 Å². The number of carbonyl (C=O) groups is 1. The number of nitrogens with zero attached hydrogens (tertiary/aromatic N) is 2. The molecule has 0 saturated carbocycles. The highest BCUT2D eigenvalue weighted by Gasteiger charge is 2.18. The molecule has 0 amide bonds. The fraction of sp³-hybridized carbons (Fsp3) is 0.0667. The van der Waals surface area contributed by atoms with Gasteiger partial charge >= 0.3 is 0 Å². The number of benzene rings is 2. The molecule has 0 spiro atoms. The highest BCUT2D eigenvalue weighted by Crippen LogP contribution is 2.24. The van der Waals surface area contributed by atoms with Crippen molar-refractivity contribution in [3.8, 4) is 0 Å². The van der Waals surface area contributed by atoms with Crippen molar-refractivity contribution in [2.75, 3.05) is 0 Å². The summed E-state index contributed by atoms with van der Waals surface area (Å²) in [4.78, 5) is 17.1. The van der Waals surface area contributed by atoms with E-state index in [4.69, 9.17) is 23.2 Å². The van der Waals surface area contributed by atoms with E-state index in [9.17, 15) is 4.79 Å². The Balaban J connectivity index is 2.22. The van der Waals surface area contributed by atoms with E-state index in [0.717, 1.165) is 11.0 Å². The lowest BCUT2D eigenvalue weighted by Crippen LogP contribution is -2.14. The first-order chi connectivity index (χ1) is 9.58. The lowest BCUT2D eigenvalue weighted by molar-refractivity contribution is 0.0962. The van der Waals surface area contributed by atoms with E-state index in [-0.39, 0.29) is 5.91 Å². The zero-order valence-corrected chi connectivity index (χ0v) is 12.1. The average molecular weight is 305 g/mol. The number of carbonyl (C=O) groups excluding carboxylic acids is 1. The molecule has 100 valence electrons. The van der Waals surface area contributed by atoms with Crippen LogP contribution in [-0.4, -0.2) is 15.5 Å². The van der Waals surface area contributed by atoms with E-state index >= 15 is 0 Å². The van der Waals surface area contributed by atoms with E-state index in [1.54, 1.807) is 29.7 Å². The number of halogens is 2. The van der Waals surface area contributed by atoms with Gasteiger partial charge in [-0.2, -0.15) is 0 Å². The van der Waals surface area contributed by atoms with Crippen LogP contribution in [0.2, 0.25) is 10.0 Å². The first-order valence-electron chi connectivity index (χ1n) is 6.02. The number of aromatic nitrogens is 2. The van der Waals surface area contributed by atoms with Gasteiger partial charge in [0.15, 0.2) is 0 Å². The van der Waals surface area contributed by atoms with Crippen LogP contribution >= 0.6 is 23.2 Å². The summed E-state index contributed by atoms with van der Waals surface area (Å²) >= 11 is 12.0. The molecule has 0 radical (unpaired) electrons. The number of para-hydroxylation sites is 2. The number of fused-ring (bicyclic) bond motifs is 1. The molecule has 0 N–H and O–H groups in total. The third-order valence-electron chi connectivity index (χ3n) is 3.09. The molecule has 0 unspecified atom stereocenters. The third-order valence-corrected chi connectivity index (χ3v) is 3.66. The fourth-order valence-electron chi connectivity index (χ4n) is 2.18. The molecule has 3 nitrogen and oxygen atoms in total. The largest absolute Gasteiger partial charge is 0.268 e. The second-order valence-corrected chi connectivity index (χ2v) is 5.26. The molecule has 0 aliphatic rings. The van der Waals surface area contributed by atoms with Crippen molar-refractivity contribution in [3.05, 3.63) is 63.9 Å². The monoisotopic (exact) mass is 304 g/mol. The van der Waals surface area contributed by atoms with Gasteiger partial charge in [0.2, 0.25) is 0 Å². The maximum atomic E-state index is 12.7. The molecule has 20 heavy (non-hydrogen) atoms. The summed E-state index contributed by atoms with van der Waals surface area (Å²) in [6.07, 6.45) is 0. The van der Waals surface area contributed by atoms with E-state index in [1.165, 1.54) is 0 Å². The normalized spacial score (nSPS) is 10.9. The topological polar surface area (TPSA) is 34.9 Å². The lowest BCUT2D eigenvalue weighted by atomic mass is 10.2. The van der Waals surface area contributed by atoms with Gasteiger partial charge in [0.05, 0.1) is 21.6 Å². The standard InChI is InChI=1S/C15H10Cl2N2O/c1-9-18-13-4-2-3-5-14(13)19(9)15(20)11-8-10(16)6-7-12(11)17/h2-8H,1H3. The van der Waals surface area contributed by atoms with Gasteiger partial charge in [0, 0.05) is 5.02 Å². The highest BCUT2D eigenvalue weighted by atomic mass is 35.5. The van der Waals surface area contributed by atoms with Gasteiger partial charge in [-0.3, -0.25) is 9.36 Å². The van der Waals surface area contributed by atoms with Crippen molar-refractivity contribution in [3.63, 3.8) is 0 Å². The number of aryl methyl sites for hydroxylation is 1. The van der Waals surface area contributed by atoms with Crippen LogP contribution in [0.3, 0.4) is 0 Å². The molecule has 1 heterocycles. The average Bonchev–Trinajstić information content (AvgIpc) is 2.76. The molecule has 2 aromatic carbocycles. The van der Waals surface area contributed by atoms with Crippen LogP contribution in [0.15, 0.2) is 42.5 Å². The van der Waals surface area contributed by atoms with Gasteiger partial charge < -0.3 is 0 Å². The number of hydrogen-bond donors (Lipinski definition) is 0. The van der Waals surface area contributed by atoms with Crippen molar-refractivity contribution < 1.29 is 4.79 Å². The highest BCUT2D eigenvalue weighted by molar-refractivity contribution is 6.36. The van der Waals surface area contributed by atoms with Gasteiger partial charge in [-0.05, 0) is 37.3 Å². The maximum Gasteiger partial charge on any atom is 0.265 e. The van der Waals surface area contributed by atoms with Gasteiger partial charge in [0.1, 0.15) is 5.82 Å². The minimum absolute atomic E-state index is 0.233. The summed E-state index contributed by atoms with van der Waals surface area (Å²) in [5, 5.41) is 0.844. The molecular weight excluding hydrogens is 295 g/mol. The molecule has 0 bridgehead atoms. The van der Waals surface area contributed by atoms with Crippen LogP contribution in [0.1, 0.15) is 16.2 Å². The molecule has 3 aromatic rings. The summed E-state index contributed by atoms with van der Waals surface area (Å²) in [5.74, 6) is 0.385. The predicted molar refractivity (Wildman–Crippen MR) is 80.7 cm³/mol. The van der Waals surface area contributed by atoms with Crippen LogP contribution in [0, 0.1) is 6.92 Å². The molecule has 1 aromatic heterocycles. The molecule has 0 fully saturated rings. The minimum atomic E-state index is -0.233. The molecule has 3 rings (SSSR count). The van der Waals surface area contributed by atoms with Gasteiger partial charge in [-0.15, -0.1) is 0 Å². The summed E-state index contributed by atoms with van der Waals surface area (Å²) < 4.78 is 1.55. The van der Waals surface area contributed by atoms with Gasteiger partial charge in [-0.1, -0.05) is 35.3 Å². The lowest BCUT2D eigenvalue weighted by Gasteiger charge is -2.07. The van der Waals surface area contributed by atoms with Crippen LogP contribution in [0.25, 0.3) is 11.0 Å². The summed E-state index contributed by atoms with van der Waals surface area (Å²) in [7, 11) is 0. The zero-order chi connectivity index (χ0) is 14.3. The molecule has 5 heteroatoms. The minimum Gasteiger partial charge on any atom is -0.268 e. The smallest absolute Gasteiger partial charge is 0.265 e. The van der Waals surface area contributed by atoms with E-state index < -0.39 is 0 Å². The number of rotatable bonds is 1. The van der Waals surface area contributed by atoms with Crippen molar-refractivity contribution in [2.24, 2.45) is 0 Å². The summed E-state index contributed by atoms with van der Waals surface area (Å²) in [6.45, 7) is 1.79. The molecule has 0 atom stereocenters. The van der Waals surface area contributed by atoms with E-state index in [2.05, 4.69) is 4.98 Å². The fourth-order valence-corrected chi connectivity index (χ4v) is 2.56. The van der Waals surface area contributed by atoms with Crippen LogP contribution < -0.4 is 0 Å². The predicted octanol–water partition coefficient (Wildman–Crippen LogP) is 4.34. The Morgan fingerprint density at radius 3 is 2.70 bits per heavy atom. The summed E-state index contributed by atoms with van der Waals surface area (Å²) in [5.41, 5.74) is 1.90. The third kappa shape index (κ3) is 2.09. The van der Waals surface area contributed by atoms with Crippen LogP contribution in [0.4, 0.5) is 0 Å². The van der Waals surface area contributed by atoms with Gasteiger partial charge in [-0.25, -0.2) is 4.98 Å². The number of hydrogen-bond acceptors (Lipinski definition) is 2. The zero-order valence-electron chi connectivity index (χ0n) is 10.6. The van der Waals surface area contributed by atoms with Crippen LogP contribution in [-0.2, 0) is 0 Å². The first kappa shape index (κ1) is 13.2. The maximum absolute atomic E-state index is 12.7. The number of imidazole rings is 1. The van der Waals surface area contributed by atoms with Gasteiger partial charge in [0.25, 0.3) is 5.91 Å². The Labute approximate surface area is 125 Å². The summed E-state index contributed by atoms with van der Waals surface area (Å²) in [6, 6.07) is 12.3. The SMILES string of the molecule is Cc1nc2ccccc2n1C(=O)c1cc(Cl)ccc1Cl. The Kier molecular flexibility index (Phi) is 3.24. The second kappa shape index (κ2) is 4.93. The quantitative estimate of drug-likeness (QED) is 0.670. The Morgan fingerprint density at radius 2 is 1.90 bits per heavy atom. The van der Waals surface area contributed by atoms with Crippen molar-refractivity contribution in [1.29, 1.82) is 0 Å². The van der Waals surface area contributed by atoms with Crippen molar-refractivity contribution >= 4 is 40.1 Å². The Morgan fingerprint density at radius 1 is 1.15 bits per heavy atom. The molecular formula is C15H10Cl2N2O. The molecule has 0 aliphatic heterocycles. The molecule has 0 saturated heterocycles.